The first kappa shape index (κ1) is 20.5. The minimum atomic E-state index is -0.825. The van der Waals surface area contributed by atoms with Crippen molar-refractivity contribution in [3.8, 4) is 11.8 Å². The highest BCUT2D eigenvalue weighted by Gasteiger charge is 2.36. The number of nitrogens with zero attached hydrogens (tertiary/aromatic N) is 1. The van der Waals surface area contributed by atoms with Crippen molar-refractivity contribution in [1.29, 1.82) is 5.26 Å². The first-order valence-corrected chi connectivity index (χ1v) is 10.7. The van der Waals surface area contributed by atoms with Gasteiger partial charge in [0.2, 0.25) is 0 Å². The molecule has 0 aliphatic heterocycles. The van der Waals surface area contributed by atoms with E-state index in [9.17, 15) is 13.6 Å². The van der Waals surface area contributed by atoms with E-state index in [1.54, 1.807) is 0 Å². The number of rotatable bonds is 3. The van der Waals surface area contributed by atoms with Gasteiger partial charge in [0.25, 0.3) is 0 Å². The van der Waals surface area contributed by atoms with Gasteiger partial charge in [-0.1, -0.05) is 13.3 Å². The summed E-state index contributed by atoms with van der Waals surface area (Å²) in [5, 5.41) is 8.82. The van der Waals surface area contributed by atoms with E-state index < -0.39 is 17.6 Å². The fourth-order valence-corrected chi connectivity index (χ4v) is 5.24. The zero-order chi connectivity index (χ0) is 21.3. The third-order valence-corrected chi connectivity index (χ3v) is 6.79. The van der Waals surface area contributed by atoms with E-state index in [1.807, 2.05) is 6.07 Å². The minimum absolute atomic E-state index is 0.113. The first-order valence-electron chi connectivity index (χ1n) is 10.7. The van der Waals surface area contributed by atoms with Gasteiger partial charge in [-0.25, -0.2) is 13.6 Å². The van der Waals surface area contributed by atoms with Crippen molar-refractivity contribution in [2.45, 2.75) is 51.4 Å². The number of ether oxygens (including phenoxy) is 1. The van der Waals surface area contributed by atoms with Gasteiger partial charge in [-0.05, 0) is 92.2 Å². The molecule has 5 heteroatoms. The fraction of sp³-hybridized carbons (Fsp3) is 0.440. The lowest BCUT2D eigenvalue weighted by Crippen LogP contribution is -2.30. The van der Waals surface area contributed by atoms with Crippen LogP contribution in [0, 0.1) is 40.7 Å². The monoisotopic (exact) mass is 409 g/mol. The van der Waals surface area contributed by atoms with Crippen LogP contribution in [0.2, 0.25) is 0 Å². The van der Waals surface area contributed by atoms with Crippen LogP contribution in [0.1, 0.15) is 72.9 Å². The van der Waals surface area contributed by atoms with Gasteiger partial charge in [-0.2, -0.15) is 5.26 Å². The molecule has 156 valence electrons. The molecule has 4 rings (SSSR count). The Balaban J connectivity index is 1.49. The van der Waals surface area contributed by atoms with E-state index in [1.165, 1.54) is 37.1 Å². The van der Waals surface area contributed by atoms with Crippen molar-refractivity contribution in [2.75, 3.05) is 0 Å². The number of esters is 1. The summed E-state index contributed by atoms with van der Waals surface area (Å²) >= 11 is 0. The lowest BCUT2D eigenvalue weighted by Gasteiger charge is -2.41. The van der Waals surface area contributed by atoms with Crippen LogP contribution in [0.25, 0.3) is 0 Å². The van der Waals surface area contributed by atoms with Crippen LogP contribution in [0.3, 0.4) is 0 Å². The molecule has 0 saturated heterocycles. The molecule has 0 radical (unpaired) electrons. The predicted molar refractivity (Wildman–Crippen MR) is 109 cm³/mol. The molecule has 0 spiro atoms. The average molecular weight is 409 g/mol. The Morgan fingerprint density at radius 3 is 2.30 bits per heavy atom. The van der Waals surface area contributed by atoms with E-state index in [0.717, 1.165) is 43.7 Å². The number of benzene rings is 2. The van der Waals surface area contributed by atoms with Gasteiger partial charge >= 0.3 is 5.97 Å². The van der Waals surface area contributed by atoms with Crippen LogP contribution in [0.15, 0.2) is 36.4 Å². The summed E-state index contributed by atoms with van der Waals surface area (Å²) in [6.45, 7) is 2.29. The lowest BCUT2D eigenvalue weighted by molar-refractivity contribution is 0.0733. The van der Waals surface area contributed by atoms with Gasteiger partial charge in [-0.3, -0.25) is 0 Å². The molecule has 2 saturated carbocycles. The number of hydrogen-bond donors (Lipinski definition) is 0. The van der Waals surface area contributed by atoms with Gasteiger partial charge in [0.05, 0.1) is 17.2 Å². The maximum absolute atomic E-state index is 14.9. The summed E-state index contributed by atoms with van der Waals surface area (Å²) < 4.78 is 35.0. The number of nitriles is 1. The molecule has 0 N–H and O–H groups in total. The average Bonchev–Trinajstić information content (AvgIpc) is 2.73. The fourth-order valence-electron chi connectivity index (χ4n) is 5.24. The van der Waals surface area contributed by atoms with Gasteiger partial charge in [0.1, 0.15) is 17.4 Å². The summed E-state index contributed by atoms with van der Waals surface area (Å²) in [6, 6.07) is 10.1. The molecule has 0 amide bonds. The predicted octanol–water partition coefficient (Wildman–Crippen LogP) is 6.38. The van der Waals surface area contributed by atoms with E-state index >= 15 is 0 Å². The highest BCUT2D eigenvalue weighted by atomic mass is 19.1. The maximum atomic E-state index is 14.9. The molecule has 4 unspecified atom stereocenters. The molecule has 2 aromatic rings. The Labute approximate surface area is 175 Å². The number of fused-ring (bicyclic) bond motifs is 1. The van der Waals surface area contributed by atoms with Crippen LogP contribution >= 0.6 is 0 Å². The Morgan fingerprint density at radius 2 is 1.63 bits per heavy atom. The Hall–Kier alpha value is -2.74. The molecule has 3 nitrogen and oxygen atoms in total. The maximum Gasteiger partial charge on any atom is 0.343 e. The van der Waals surface area contributed by atoms with Crippen molar-refractivity contribution in [3.63, 3.8) is 0 Å². The zero-order valence-corrected chi connectivity index (χ0v) is 17.0. The first-order chi connectivity index (χ1) is 14.4. The van der Waals surface area contributed by atoms with Gasteiger partial charge in [-0.15, -0.1) is 0 Å². The van der Waals surface area contributed by atoms with Crippen LogP contribution in [-0.4, -0.2) is 5.97 Å². The summed E-state index contributed by atoms with van der Waals surface area (Å²) in [4.78, 5) is 12.4. The molecule has 0 bridgehead atoms. The lowest BCUT2D eigenvalue weighted by atomic mass is 9.64. The van der Waals surface area contributed by atoms with Crippen LogP contribution in [0.5, 0.6) is 5.75 Å². The number of hydrogen-bond acceptors (Lipinski definition) is 3. The van der Waals surface area contributed by atoms with Crippen LogP contribution in [-0.2, 0) is 0 Å². The molecule has 2 aliphatic rings. The van der Waals surface area contributed by atoms with E-state index in [0.29, 0.717) is 17.4 Å². The molecule has 30 heavy (non-hydrogen) atoms. The van der Waals surface area contributed by atoms with Crippen LogP contribution < -0.4 is 4.74 Å². The molecule has 2 fully saturated rings. The number of carbonyl (C=O) groups excluding carboxylic acids is 1. The summed E-state index contributed by atoms with van der Waals surface area (Å²) in [5.74, 6) is -0.120. The van der Waals surface area contributed by atoms with Crippen LogP contribution in [0.4, 0.5) is 8.78 Å². The second-order valence-electron chi connectivity index (χ2n) is 8.83. The second-order valence-corrected chi connectivity index (χ2v) is 8.83. The highest BCUT2D eigenvalue weighted by molar-refractivity contribution is 5.91. The Kier molecular flexibility index (Phi) is 5.85. The molecule has 2 aromatic carbocycles. The molecular weight excluding hydrogens is 384 g/mol. The third-order valence-electron chi connectivity index (χ3n) is 6.79. The largest absolute Gasteiger partial charge is 0.423 e. The standard InChI is InChI=1S/C25H25F2NO2/c1-15-2-5-18-11-19(7-6-17(18)10-15)24-22(26)12-20(13-23(24)27)25(29)30-21-8-3-16(14-28)4-9-21/h3-4,8-9,12-13,15,17-19H,2,5-7,10-11H2,1H3. The zero-order valence-electron chi connectivity index (χ0n) is 17.0. The molecule has 0 aromatic heterocycles. The van der Waals surface area contributed by atoms with Crippen molar-refractivity contribution in [2.24, 2.45) is 17.8 Å². The second kappa shape index (κ2) is 8.55. The van der Waals surface area contributed by atoms with E-state index in [4.69, 9.17) is 10.00 Å². The summed E-state index contributed by atoms with van der Waals surface area (Å²) in [6.07, 6.45) is 6.18. The minimum Gasteiger partial charge on any atom is -0.423 e. The van der Waals surface area contributed by atoms with E-state index in [-0.39, 0.29) is 22.8 Å². The smallest absolute Gasteiger partial charge is 0.343 e. The van der Waals surface area contributed by atoms with Gasteiger partial charge < -0.3 is 4.74 Å². The number of carbonyl (C=O) groups is 1. The molecule has 4 atom stereocenters. The number of halogens is 2. The van der Waals surface area contributed by atoms with E-state index in [2.05, 4.69) is 6.92 Å². The molecule has 2 aliphatic carbocycles. The molecule has 0 heterocycles. The molecular formula is C25H25F2NO2. The Bertz CT molecular complexity index is 957. The highest BCUT2D eigenvalue weighted by Crippen LogP contribution is 2.48. The normalized spacial score (nSPS) is 25.8. The topological polar surface area (TPSA) is 50.1 Å². The Morgan fingerprint density at radius 1 is 1.00 bits per heavy atom. The van der Waals surface area contributed by atoms with Crippen molar-refractivity contribution in [1.82, 2.24) is 0 Å². The summed E-state index contributed by atoms with van der Waals surface area (Å²) in [5.41, 5.74) is 0.388. The summed E-state index contributed by atoms with van der Waals surface area (Å²) in [7, 11) is 0. The van der Waals surface area contributed by atoms with Crippen molar-refractivity contribution in [3.05, 3.63) is 64.7 Å². The third kappa shape index (κ3) is 4.23. The SMILES string of the molecule is CC1CCC2CC(c3c(F)cc(C(=O)Oc4ccc(C#N)cc4)cc3F)CCC2C1. The van der Waals surface area contributed by atoms with Gasteiger partial charge in [0, 0.05) is 5.56 Å². The quantitative estimate of drug-likeness (QED) is 0.437. The van der Waals surface area contributed by atoms with Crippen molar-refractivity contribution >= 4 is 5.97 Å². The van der Waals surface area contributed by atoms with Crippen molar-refractivity contribution < 1.29 is 18.3 Å². The van der Waals surface area contributed by atoms with Gasteiger partial charge in [0.15, 0.2) is 0 Å².